The molecule has 2 rings (SSSR count). The molecule has 2 aliphatic rings. The molecule has 116 valence electrons. The van der Waals surface area contributed by atoms with E-state index in [2.05, 4.69) is 5.32 Å². The molecule has 20 heavy (non-hydrogen) atoms. The maximum atomic E-state index is 11.8. The fraction of sp³-hybridized carbons (Fsp3) is 0.923. The van der Waals surface area contributed by atoms with Gasteiger partial charge in [-0.1, -0.05) is 0 Å². The Balaban J connectivity index is 1.70. The number of rotatable bonds is 4. The zero-order valence-electron chi connectivity index (χ0n) is 12.0. The van der Waals surface area contributed by atoms with Gasteiger partial charge in [0.1, 0.15) is 6.10 Å². The zero-order valence-corrected chi connectivity index (χ0v) is 12.8. The molecule has 3 unspecified atom stereocenters. The van der Waals surface area contributed by atoms with Gasteiger partial charge in [0.15, 0.2) is 9.84 Å². The number of carbonyl (C=O) groups is 1. The number of esters is 1. The van der Waals surface area contributed by atoms with E-state index in [0.717, 1.165) is 0 Å². The molecular formula is C13H23NO5S. The van der Waals surface area contributed by atoms with Crippen LogP contribution in [0.2, 0.25) is 0 Å². The third-order valence-electron chi connectivity index (χ3n) is 3.72. The van der Waals surface area contributed by atoms with Gasteiger partial charge in [-0.05, 0) is 20.3 Å². The normalized spacial score (nSPS) is 36.7. The van der Waals surface area contributed by atoms with E-state index >= 15 is 0 Å². The number of nitrogens with one attached hydrogen (secondary N) is 1. The van der Waals surface area contributed by atoms with Gasteiger partial charge in [-0.15, -0.1) is 0 Å². The van der Waals surface area contributed by atoms with Crippen LogP contribution in [0, 0.1) is 0 Å². The molecule has 0 saturated carbocycles. The lowest BCUT2D eigenvalue weighted by Gasteiger charge is -2.31. The van der Waals surface area contributed by atoms with Gasteiger partial charge in [-0.3, -0.25) is 4.79 Å². The van der Waals surface area contributed by atoms with Crippen LogP contribution in [0.4, 0.5) is 0 Å². The minimum atomic E-state index is -2.92. The molecule has 0 radical (unpaired) electrons. The quantitative estimate of drug-likeness (QED) is 0.751. The van der Waals surface area contributed by atoms with Gasteiger partial charge in [0, 0.05) is 18.9 Å². The molecule has 0 amide bonds. The third kappa shape index (κ3) is 4.71. The highest BCUT2D eigenvalue weighted by molar-refractivity contribution is 7.91. The summed E-state index contributed by atoms with van der Waals surface area (Å²) in [6.07, 6.45) is 2.10. The summed E-state index contributed by atoms with van der Waals surface area (Å²) < 4.78 is 33.6. The van der Waals surface area contributed by atoms with Crippen molar-refractivity contribution in [3.8, 4) is 0 Å². The van der Waals surface area contributed by atoms with Crippen LogP contribution in [0.3, 0.4) is 0 Å². The van der Waals surface area contributed by atoms with Crippen molar-refractivity contribution in [3.63, 3.8) is 0 Å². The highest BCUT2D eigenvalue weighted by Gasteiger charge is 2.29. The number of sulfone groups is 1. The van der Waals surface area contributed by atoms with Crippen LogP contribution in [0.5, 0.6) is 0 Å². The van der Waals surface area contributed by atoms with Gasteiger partial charge in [0.25, 0.3) is 0 Å². The van der Waals surface area contributed by atoms with E-state index in [9.17, 15) is 13.2 Å². The predicted octanol–water partition coefficient (Wildman–Crippen LogP) is 0.262. The van der Waals surface area contributed by atoms with Crippen molar-refractivity contribution in [2.24, 2.45) is 0 Å². The van der Waals surface area contributed by atoms with E-state index in [-0.39, 0.29) is 48.4 Å². The highest BCUT2D eigenvalue weighted by Crippen LogP contribution is 2.21. The van der Waals surface area contributed by atoms with E-state index in [1.807, 2.05) is 13.8 Å². The number of hydrogen-bond acceptors (Lipinski definition) is 6. The van der Waals surface area contributed by atoms with E-state index in [4.69, 9.17) is 9.47 Å². The maximum Gasteiger partial charge on any atom is 0.320 e. The number of hydrogen-bond donors (Lipinski definition) is 1. The first kappa shape index (κ1) is 15.7. The van der Waals surface area contributed by atoms with Gasteiger partial charge >= 0.3 is 5.97 Å². The Morgan fingerprint density at radius 1 is 1.30 bits per heavy atom. The molecule has 0 spiro atoms. The van der Waals surface area contributed by atoms with Crippen LogP contribution in [0.25, 0.3) is 0 Å². The first-order valence-corrected chi connectivity index (χ1v) is 8.95. The summed E-state index contributed by atoms with van der Waals surface area (Å²) >= 11 is 0. The molecule has 0 bridgehead atoms. The summed E-state index contributed by atoms with van der Waals surface area (Å²) in [4.78, 5) is 11.8. The molecule has 0 aromatic rings. The second kappa shape index (κ2) is 6.41. The van der Waals surface area contributed by atoms with Crippen molar-refractivity contribution in [2.75, 3.05) is 18.1 Å². The molecule has 2 aliphatic heterocycles. The largest absolute Gasteiger partial charge is 0.461 e. The van der Waals surface area contributed by atoms with Gasteiger partial charge in [0.2, 0.25) is 0 Å². The molecule has 1 N–H and O–H groups in total. The van der Waals surface area contributed by atoms with Gasteiger partial charge in [-0.25, -0.2) is 8.42 Å². The summed E-state index contributed by atoms with van der Waals surface area (Å²) in [6.45, 7) is 4.01. The number of carbonyl (C=O) groups excluding carboxylic acids is 1. The predicted molar refractivity (Wildman–Crippen MR) is 74.2 cm³/mol. The van der Waals surface area contributed by atoms with Crippen LogP contribution in [-0.4, -0.2) is 56.8 Å². The lowest BCUT2D eigenvalue weighted by molar-refractivity contribution is -0.158. The molecule has 2 heterocycles. The Kier molecular flexibility index (Phi) is 5.04. The Morgan fingerprint density at radius 2 is 1.95 bits per heavy atom. The Labute approximate surface area is 120 Å². The van der Waals surface area contributed by atoms with Crippen LogP contribution >= 0.6 is 0 Å². The third-order valence-corrected chi connectivity index (χ3v) is 5.49. The van der Waals surface area contributed by atoms with Crippen molar-refractivity contribution in [1.82, 2.24) is 5.32 Å². The Bertz CT molecular complexity index is 440. The first-order valence-electron chi connectivity index (χ1n) is 7.13. The molecule has 2 fully saturated rings. The van der Waals surface area contributed by atoms with Crippen molar-refractivity contribution < 1.29 is 22.7 Å². The van der Waals surface area contributed by atoms with E-state index in [0.29, 0.717) is 19.3 Å². The minimum Gasteiger partial charge on any atom is -0.461 e. The average Bonchev–Trinajstić information content (AvgIpc) is 2.65. The van der Waals surface area contributed by atoms with Gasteiger partial charge in [0.05, 0.1) is 30.3 Å². The molecular weight excluding hydrogens is 282 g/mol. The SMILES string of the molecule is CC1CC(OC(=O)CNC2CCS(=O)(=O)C2)CC(C)O1. The molecule has 6 nitrogen and oxygen atoms in total. The second-order valence-electron chi connectivity index (χ2n) is 5.82. The summed E-state index contributed by atoms with van der Waals surface area (Å²) in [6, 6.07) is -0.125. The Morgan fingerprint density at radius 3 is 2.50 bits per heavy atom. The van der Waals surface area contributed by atoms with Gasteiger partial charge in [-0.2, -0.15) is 0 Å². The topological polar surface area (TPSA) is 81.7 Å². The molecule has 3 atom stereocenters. The standard InChI is InChI=1S/C13H23NO5S/c1-9-5-12(6-10(2)18-9)19-13(15)7-14-11-3-4-20(16,17)8-11/h9-12,14H,3-8H2,1-2H3. The van der Waals surface area contributed by atoms with Crippen LogP contribution in [-0.2, 0) is 24.1 Å². The van der Waals surface area contributed by atoms with Gasteiger partial charge < -0.3 is 14.8 Å². The number of ether oxygens (including phenoxy) is 2. The fourth-order valence-electron chi connectivity index (χ4n) is 2.85. The van der Waals surface area contributed by atoms with Crippen molar-refractivity contribution in [2.45, 2.75) is 57.5 Å². The first-order chi connectivity index (χ1) is 9.34. The minimum absolute atomic E-state index is 0.0697. The lowest BCUT2D eigenvalue weighted by atomic mass is 10.0. The van der Waals surface area contributed by atoms with E-state index in [1.54, 1.807) is 0 Å². The Hall–Kier alpha value is -0.660. The average molecular weight is 305 g/mol. The monoisotopic (exact) mass is 305 g/mol. The summed E-state index contributed by atoms with van der Waals surface area (Å²) in [5.74, 6) is 0.000875. The van der Waals surface area contributed by atoms with Crippen molar-refractivity contribution in [1.29, 1.82) is 0 Å². The lowest BCUT2D eigenvalue weighted by Crippen LogP contribution is -2.39. The van der Waals surface area contributed by atoms with Crippen LogP contribution < -0.4 is 5.32 Å². The van der Waals surface area contributed by atoms with Crippen LogP contribution in [0.1, 0.15) is 33.1 Å². The molecule has 2 saturated heterocycles. The van der Waals surface area contributed by atoms with E-state index in [1.165, 1.54) is 0 Å². The molecule has 0 aliphatic carbocycles. The van der Waals surface area contributed by atoms with Crippen molar-refractivity contribution in [3.05, 3.63) is 0 Å². The smallest absolute Gasteiger partial charge is 0.320 e. The molecule has 7 heteroatoms. The van der Waals surface area contributed by atoms with Crippen LogP contribution in [0.15, 0.2) is 0 Å². The summed E-state index contributed by atoms with van der Waals surface area (Å²) in [7, 11) is -2.92. The highest BCUT2D eigenvalue weighted by atomic mass is 32.2. The van der Waals surface area contributed by atoms with E-state index < -0.39 is 9.84 Å². The summed E-state index contributed by atoms with van der Waals surface area (Å²) in [5.41, 5.74) is 0. The second-order valence-corrected chi connectivity index (χ2v) is 8.05. The zero-order chi connectivity index (χ0) is 14.8. The molecule has 0 aromatic carbocycles. The maximum absolute atomic E-state index is 11.8. The van der Waals surface area contributed by atoms with Crippen molar-refractivity contribution >= 4 is 15.8 Å². The fourth-order valence-corrected chi connectivity index (χ4v) is 4.56. The molecule has 0 aromatic heterocycles. The summed E-state index contributed by atoms with van der Waals surface area (Å²) in [5, 5.41) is 2.96.